The van der Waals surface area contributed by atoms with Gasteiger partial charge in [0.2, 0.25) is 11.0 Å². The van der Waals surface area contributed by atoms with Crippen LogP contribution in [-0.2, 0) is 10.2 Å². The average Bonchev–Trinajstić information content (AvgIpc) is 3.09. The van der Waals surface area contributed by atoms with Crippen LogP contribution < -0.4 is 5.32 Å². The van der Waals surface area contributed by atoms with Gasteiger partial charge in [0.15, 0.2) is 0 Å². The summed E-state index contributed by atoms with van der Waals surface area (Å²) in [4.78, 5) is 13.4. The predicted molar refractivity (Wildman–Crippen MR) is 106 cm³/mol. The van der Waals surface area contributed by atoms with Crippen LogP contribution in [0.25, 0.3) is 0 Å². The molecule has 1 heterocycles. The maximum absolute atomic E-state index is 12.2. The van der Waals surface area contributed by atoms with E-state index in [0.717, 1.165) is 22.6 Å². The van der Waals surface area contributed by atoms with Gasteiger partial charge in [-0.2, -0.15) is 0 Å². The predicted octanol–water partition coefficient (Wildman–Crippen LogP) is 4.74. The molecule has 6 rings (SSSR count). The van der Waals surface area contributed by atoms with Crippen molar-refractivity contribution in [3.63, 3.8) is 0 Å². The Morgan fingerprint density at radius 2 is 1.73 bits per heavy atom. The number of aromatic nitrogens is 2. The maximum atomic E-state index is 12.2. The molecule has 0 aliphatic heterocycles. The van der Waals surface area contributed by atoms with Crippen molar-refractivity contribution in [1.82, 2.24) is 10.2 Å². The minimum Gasteiger partial charge on any atom is -0.300 e. The molecule has 26 heavy (non-hydrogen) atoms. The van der Waals surface area contributed by atoms with Crippen LogP contribution in [-0.4, -0.2) is 21.9 Å². The summed E-state index contributed by atoms with van der Waals surface area (Å²) in [5, 5.41) is 13.6. The maximum Gasteiger partial charge on any atom is 0.236 e. The first-order valence-corrected chi connectivity index (χ1v) is 11.3. The van der Waals surface area contributed by atoms with E-state index in [1.807, 2.05) is 30.3 Å². The quantitative estimate of drug-likeness (QED) is 0.756. The number of nitrogens with zero attached hydrogens (tertiary/aromatic N) is 2. The zero-order valence-electron chi connectivity index (χ0n) is 14.7. The molecule has 4 fully saturated rings. The first-order chi connectivity index (χ1) is 12.7. The van der Waals surface area contributed by atoms with Crippen LogP contribution in [0.1, 0.15) is 43.5 Å². The summed E-state index contributed by atoms with van der Waals surface area (Å²) in [5.41, 5.74) is 0.258. The lowest BCUT2D eigenvalue weighted by atomic mass is 9.50. The Balaban J connectivity index is 1.24. The van der Waals surface area contributed by atoms with Gasteiger partial charge >= 0.3 is 0 Å². The second-order valence-corrected chi connectivity index (χ2v) is 10.3. The Labute approximate surface area is 162 Å². The van der Waals surface area contributed by atoms with Crippen molar-refractivity contribution in [2.45, 2.75) is 48.8 Å². The van der Waals surface area contributed by atoms with Gasteiger partial charge in [-0.25, -0.2) is 0 Å². The van der Waals surface area contributed by atoms with Crippen molar-refractivity contribution in [3.8, 4) is 0 Å². The van der Waals surface area contributed by atoms with Gasteiger partial charge in [-0.15, -0.1) is 22.0 Å². The number of hydrogen-bond donors (Lipinski definition) is 1. The highest BCUT2D eigenvalue weighted by Crippen LogP contribution is 2.61. The Kier molecular flexibility index (Phi) is 4.28. The van der Waals surface area contributed by atoms with Crippen molar-refractivity contribution >= 4 is 34.1 Å². The number of rotatable bonds is 5. The molecule has 0 atom stereocenters. The molecule has 1 aromatic carbocycles. The summed E-state index contributed by atoms with van der Waals surface area (Å²) < 4.78 is 0. The molecule has 4 aliphatic rings. The summed E-state index contributed by atoms with van der Waals surface area (Å²) in [5.74, 6) is 3.07. The van der Waals surface area contributed by atoms with Crippen LogP contribution in [0.2, 0.25) is 0 Å². The molecule has 0 spiro atoms. The van der Waals surface area contributed by atoms with E-state index in [4.69, 9.17) is 0 Å². The molecule has 1 N–H and O–H groups in total. The van der Waals surface area contributed by atoms with Crippen LogP contribution >= 0.6 is 23.1 Å². The highest BCUT2D eigenvalue weighted by atomic mass is 32.2. The van der Waals surface area contributed by atoms with Crippen LogP contribution in [0.3, 0.4) is 0 Å². The van der Waals surface area contributed by atoms with Gasteiger partial charge in [0.1, 0.15) is 5.01 Å². The molecule has 0 radical (unpaired) electrons. The van der Waals surface area contributed by atoms with E-state index < -0.39 is 0 Å². The Hall–Kier alpha value is -1.40. The summed E-state index contributed by atoms with van der Waals surface area (Å²) in [7, 11) is 0. The number of benzene rings is 1. The Bertz CT molecular complexity index is 769. The number of anilines is 1. The molecule has 136 valence electrons. The van der Waals surface area contributed by atoms with Crippen molar-refractivity contribution in [1.29, 1.82) is 0 Å². The van der Waals surface area contributed by atoms with Crippen LogP contribution in [0.15, 0.2) is 35.2 Å². The minimum atomic E-state index is -0.00735. The summed E-state index contributed by atoms with van der Waals surface area (Å²) >= 11 is 3.15. The van der Waals surface area contributed by atoms with E-state index in [1.165, 1.54) is 43.5 Å². The molecule has 0 saturated heterocycles. The first-order valence-electron chi connectivity index (χ1n) is 9.50. The van der Waals surface area contributed by atoms with Gasteiger partial charge in [0.05, 0.1) is 5.75 Å². The van der Waals surface area contributed by atoms with Gasteiger partial charge in [-0.1, -0.05) is 29.5 Å². The van der Waals surface area contributed by atoms with Crippen molar-refractivity contribution < 1.29 is 4.79 Å². The number of hydrogen-bond acceptors (Lipinski definition) is 5. The molecule has 4 bridgehead atoms. The van der Waals surface area contributed by atoms with E-state index in [-0.39, 0.29) is 11.3 Å². The van der Waals surface area contributed by atoms with E-state index in [1.54, 1.807) is 23.1 Å². The number of thioether (sulfide) groups is 1. The number of carbonyl (C=O) groups is 1. The second-order valence-electron chi connectivity index (χ2n) is 8.26. The molecule has 6 heteroatoms. The third-order valence-corrected chi connectivity index (χ3v) is 8.37. The molecular formula is C20H23N3OS2. The van der Waals surface area contributed by atoms with Crippen molar-refractivity contribution in [3.05, 3.63) is 35.3 Å². The zero-order chi connectivity index (χ0) is 17.6. The second kappa shape index (κ2) is 6.64. The van der Waals surface area contributed by atoms with Crippen LogP contribution in [0.4, 0.5) is 5.13 Å². The lowest BCUT2D eigenvalue weighted by molar-refractivity contribution is -0.113. The summed E-state index contributed by atoms with van der Waals surface area (Å²) in [6, 6.07) is 10.0. The SMILES string of the molecule is O=C(CSc1ccccc1)Nc1nnc(C23CC4CC(CC(C4)C2)C3)s1. The van der Waals surface area contributed by atoms with Gasteiger partial charge in [0.25, 0.3) is 0 Å². The third kappa shape index (κ3) is 3.18. The smallest absolute Gasteiger partial charge is 0.236 e. The van der Waals surface area contributed by atoms with E-state index in [2.05, 4.69) is 15.5 Å². The lowest BCUT2D eigenvalue weighted by Crippen LogP contribution is -2.48. The minimum absolute atomic E-state index is 0.00735. The van der Waals surface area contributed by atoms with E-state index >= 15 is 0 Å². The fraction of sp³-hybridized carbons (Fsp3) is 0.550. The summed E-state index contributed by atoms with van der Waals surface area (Å²) in [6.07, 6.45) is 8.14. The summed E-state index contributed by atoms with van der Waals surface area (Å²) in [6.45, 7) is 0. The standard InChI is InChI=1S/C20H23N3OS2/c24-17(12-25-16-4-2-1-3-5-16)21-19-23-22-18(26-19)20-9-13-6-14(10-20)8-15(7-13)11-20/h1-5,13-15H,6-12H2,(H,21,23,24). The first kappa shape index (κ1) is 16.8. The number of carbonyl (C=O) groups excluding carboxylic acids is 1. The third-order valence-electron chi connectivity index (χ3n) is 6.28. The number of amides is 1. The fourth-order valence-electron chi connectivity index (χ4n) is 5.68. The van der Waals surface area contributed by atoms with Gasteiger partial charge in [0, 0.05) is 10.3 Å². The van der Waals surface area contributed by atoms with Gasteiger partial charge < -0.3 is 0 Å². The zero-order valence-corrected chi connectivity index (χ0v) is 16.3. The largest absolute Gasteiger partial charge is 0.300 e. The normalized spacial score (nSPS) is 31.9. The Morgan fingerprint density at radius 1 is 1.08 bits per heavy atom. The molecule has 0 unspecified atom stereocenters. The van der Waals surface area contributed by atoms with Crippen molar-refractivity contribution in [2.24, 2.45) is 17.8 Å². The molecule has 1 aromatic heterocycles. The molecule has 2 aromatic rings. The molecular weight excluding hydrogens is 362 g/mol. The molecule has 4 nitrogen and oxygen atoms in total. The average molecular weight is 386 g/mol. The fourth-order valence-corrected chi connectivity index (χ4v) is 7.38. The monoisotopic (exact) mass is 385 g/mol. The topological polar surface area (TPSA) is 54.9 Å². The van der Waals surface area contributed by atoms with E-state index in [9.17, 15) is 4.79 Å². The van der Waals surface area contributed by atoms with Gasteiger partial charge in [-0.05, 0) is 68.4 Å². The molecule has 4 saturated carbocycles. The van der Waals surface area contributed by atoms with Crippen LogP contribution in [0, 0.1) is 17.8 Å². The Morgan fingerprint density at radius 3 is 2.38 bits per heavy atom. The van der Waals surface area contributed by atoms with Gasteiger partial charge in [-0.3, -0.25) is 10.1 Å². The number of nitrogens with one attached hydrogen (secondary N) is 1. The van der Waals surface area contributed by atoms with Crippen molar-refractivity contribution in [2.75, 3.05) is 11.1 Å². The van der Waals surface area contributed by atoms with E-state index in [0.29, 0.717) is 10.9 Å². The lowest BCUT2D eigenvalue weighted by Gasteiger charge is -2.55. The highest BCUT2D eigenvalue weighted by molar-refractivity contribution is 8.00. The molecule has 4 aliphatic carbocycles. The highest BCUT2D eigenvalue weighted by Gasteiger charge is 2.53. The van der Waals surface area contributed by atoms with Crippen LogP contribution in [0.5, 0.6) is 0 Å². The molecule has 1 amide bonds.